The highest BCUT2D eigenvalue weighted by Gasteiger charge is 2.33. The number of likely N-dealkylation sites (tertiary alicyclic amines) is 1. The van der Waals surface area contributed by atoms with Crippen molar-refractivity contribution in [2.24, 2.45) is 11.7 Å². The number of carbonyl (C=O) groups is 7. The number of anilines is 5. The lowest BCUT2D eigenvalue weighted by atomic mass is 10.0. The van der Waals surface area contributed by atoms with Gasteiger partial charge in [-0.25, -0.2) is 23.9 Å². The molecule has 89 heavy (non-hydrogen) atoms. The van der Waals surface area contributed by atoms with Crippen LogP contribution in [0.2, 0.25) is 0 Å². The number of carboxylic acid groups (broad SMARTS) is 1. The third-order valence-corrected chi connectivity index (χ3v) is 17.7. The third kappa shape index (κ3) is 17.3. The number of nitrogens with two attached hydrogens (primary N) is 1. The number of aryl methyl sites for hydroxylation is 1. The first-order valence-electron chi connectivity index (χ1n) is 29.8. The molecule has 0 unspecified atom stereocenters. The number of urea groups is 1. The van der Waals surface area contributed by atoms with Gasteiger partial charge in [-0.15, -0.1) is 21.5 Å². The number of ether oxygens (including phenoxy) is 2. The number of carboxylic acids is 1. The van der Waals surface area contributed by atoms with Crippen LogP contribution in [-0.2, 0) is 48.1 Å². The number of piperidine rings is 1. The lowest BCUT2D eigenvalue weighted by molar-refractivity contribution is -0.938. The van der Waals surface area contributed by atoms with Gasteiger partial charge in [-0.2, -0.15) is 0 Å². The number of nitrogens with zero attached hydrogens (tertiary/aromatic N) is 7. The van der Waals surface area contributed by atoms with Crippen LogP contribution in [0.4, 0.5) is 36.8 Å². The molecule has 0 radical (unpaired) electrons. The Bertz CT molecular complexity index is 3620. The largest absolute Gasteiger partial charge is 0.491 e. The maximum absolute atomic E-state index is 15.6. The molecule has 0 spiro atoms. The summed E-state index contributed by atoms with van der Waals surface area (Å²) in [4.78, 5) is 101. The fourth-order valence-electron chi connectivity index (χ4n) is 10.9. The van der Waals surface area contributed by atoms with Gasteiger partial charge in [0.05, 0.1) is 49.7 Å². The number of thiazole rings is 2. The first-order valence-corrected chi connectivity index (χ1v) is 31.5. The number of quaternary nitrogens is 1. The van der Waals surface area contributed by atoms with Crippen LogP contribution in [0.5, 0.6) is 5.75 Å². The number of aromatic nitrogens is 4. The number of rotatable bonds is 28. The summed E-state index contributed by atoms with van der Waals surface area (Å²) in [5, 5.41) is 34.8. The molecular formula is C63H73FN13O10S2+. The number of nitrogens with one attached hydrogen (secondary N) is 5. The summed E-state index contributed by atoms with van der Waals surface area (Å²) in [5.74, 6) is 3.34. The molecule has 8 N–H and O–H groups in total. The summed E-state index contributed by atoms with van der Waals surface area (Å²) in [5.41, 5.74) is 10.1. The molecular weight excluding hydrogens is 1180 g/mol. The van der Waals surface area contributed by atoms with Crippen LogP contribution in [-0.4, -0.2) is 147 Å². The first-order chi connectivity index (χ1) is 42.9. The van der Waals surface area contributed by atoms with Crippen molar-refractivity contribution in [3.63, 3.8) is 0 Å². The normalized spacial score (nSPS) is 15.0. The summed E-state index contributed by atoms with van der Waals surface area (Å²) in [7, 11) is 0. The fourth-order valence-corrected chi connectivity index (χ4v) is 12.9. The average molecular weight is 1260 g/mol. The van der Waals surface area contributed by atoms with E-state index < -0.39 is 59.4 Å². The number of hydrogen-bond acceptors (Lipinski definition) is 17. The fraction of sp³-hybridized carbons (Fsp3) is 0.413. The maximum atomic E-state index is 15.6. The molecule has 3 aliphatic heterocycles. The molecule has 2 atom stereocenters. The maximum Gasteiger partial charge on any atom is 0.355 e. The zero-order chi connectivity index (χ0) is 63.0. The van der Waals surface area contributed by atoms with E-state index in [0.717, 1.165) is 82.1 Å². The number of hydrogen-bond donors (Lipinski definition) is 7. The van der Waals surface area contributed by atoms with Gasteiger partial charge in [-0.1, -0.05) is 55.4 Å². The van der Waals surface area contributed by atoms with Crippen LogP contribution >= 0.6 is 22.7 Å². The molecule has 26 heteroatoms. The minimum atomic E-state index is -1.14. The summed E-state index contributed by atoms with van der Waals surface area (Å²) >= 11 is 2.83. The molecule has 0 aliphatic carbocycles. The Morgan fingerprint density at radius 1 is 0.888 bits per heavy atom. The van der Waals surface area contributed by atoms with Crippen LogP contribution in [0.25, 0.3) is 10.2 Å². The summed E-state index contributed by atoms with van der Waals surface area (Å²) in [6.45, 7) is 9.45. The van der Waals surface area contributed by atoms with Crippen molar-refractivity contribution in [2.75, 3.05) is 74.6 Å². The number of imide groups is 1. The Balaban J connectivity index is 0.755. The van der Waals surface area contributed by atoms with E-state index in [4.69, 9.17) is 15.2 Å². The SMILES string of the molecule is Cc1c(Nc2nc3ccccc3s2)nnc2c1CCCN2c1nc(C(=O)O)c(CCCOc2ccc(C#CC[N+]3(Cc4ccc(NC(=O)[C@H](CCCNC(N)=O)NC(=O)[C@@H](NC(=O)CCOCCN5C(=O)C=CC5=O)C(C)C)cc4)CCCCC3)cc2F)s1. The molecule has 6 aromatic rings. The highest BCUT2D eigenvalue weighted by Crippen LogP contribution is 2.39. The number of para-hydroxylation sites is 1. The highest BCUT2D eigenvalue weighted by molar-refractivity contribution is 7.22. The van der Waals surface area contributed by atoms with E-state index in [1.807, 2.05) is 48.2 Å². The van der Waals surface area contributed by atoms with Gasteiger partial charge in [0, 0.05) is 64.5 Å². The van der Waals surface area contributed by atoms with Gasteiger partial charge in [-0.3, -0.25) is 28.9 Å². The molecule has 9 rings (SSSR count). The number of fused-ring (bicyclic) bond motifs is 2. The molecule has 1 saturated heterocycles. The lowest BCUT2D eigenvalue weighted by Gasteiger charge is -2.40. The predicted molar refractivity (Wildman–Crippen MR) is 335 cm³/mol. The number of primary amides is 1. The van der Waals surface area contributed by atoms with Crippen molar-refractivity contribution in [2.45, 2.75) is 104 Å². The monoisotopic (exact) mass is 1250 g/mol. The Morgan fingerprint density at radius 2 is 1.66 bits per heavy atom. The lowest BCUT2D eigenvalue weighted by Crippen LogP contribution is -2.54. The molecule has 0 bridgehead atoms. The molecule has 3 aromatic heterocycles. The second-order valence-corrected chi connectivity index (χ2v) is 24.6. The topological polar surface area (TPSA) is 302 Å². The van der Waals surface area contributed by atoms with Gasteiger partial charge < -0.3 is 56.3 Å². The third-order valence-electron chi connectivity index (χ3n) is 15.6. The van der Waals surface area contributed by atoms with E-state index in [9.17, 15) is 38.7 Å². The molecule has 7 amide bonds. The number of benzene rings is 3. The van der Waals surface area contributed by atoms with E-state index in [1.54, 1.807) is 38.1 Å². The second-order valence-electron chi connectivity index (χ2n) is 22.5. The summed E-state index contributed by atoms with van der Waals surface area (Å²) < 4.78 is 28.7. The van der Waals surface area contributed by atoms with Gasteiger partial charge in [0.25, 0.3) is 11.8 Å². The van der Waals surface area contributed by atoms with Crippen LogP contribution in [0.1, 0.15) is 103 Å². The van der Waals surface area contributed by atoms with Crippen molar-refractivity contribution in [3.05, 3.63) is 118 Å². The van der Waals surface area contributed by atoms with Gasteiger partial charge in [-0.05, 0) is 119 Å². The number of carbonyl (C=O) groups excluding carboxylic acids is 6. The number of amides is 7. The zero-order valence-corrected chi connectivity index (χ0v) is 51.5. The average Bonchev–Trinajstić information content (AvgIpc) is 1.97. The van der Waals surface area contributed by atoms with E-state index in [0.29, 0.717) is 76.3 Å². The first kappa shape index (κ1) is 64.6. The smallest absolute Gasteiger partial charge is 0.355 e. The summed E-state index contributed by atoms with van der Waals surface area (Å²) in [6, 6.07) is 17.3. The van der Waals surface area contributed by atoms with Crippen molar-refractivity contribution in [1.82, 2.24) is 41.0 Å². The Morgan fingerprint density at radius 3 is 2.39 bits per heavy atom. The van der Waals surface area contributed by atoms with E-state index in [2.05, 4.69) is 58.6 Å². The summed E-state index contributed by atoms with van der Waals surface area (Å²) in [6.07, 6.45) is 8.21. The molecule has 468 valence electrons. The van der Waals surface area contributed by atoms with Crippen molar-refractivity contribution >= 4 is 102 Å². The number of aromatic carboxylic acids is 1. The molecule has 23 nitrogen and oxygen atoms in total. The standard InChI is InChI=1S/C63H72FN13O10S2/c1-39(2)54(70-51(78)27-35-86-36-30-75-52(79)25-26-53(75)80)59(82)68-47(16-9-28-66-61(65)85)58(81)67-43-22-19-42(20-23-43)38-77(31-7-4-8-32-77)33-11-13-41-21-24-48(45(64)37-41)87-34-12-18-50-55(60(83)84)71-63(89-50)76-29-10-14-44-40(3)56(73-74-57(44)76)72-62-69-46-15-5-6-17-49(46)88-62/h5-6,15,17,19-26,37,39,47,54H,4,7-10,12,14,16,18,27-36,38H2,1-3H3,(H7-,65,66,67,68,69,70,72,73,78,81,82,83,84,85)/p+1/t47-,54-/m0/s1. The zero-order valence-electron chi connectivity index (χ0n) is 49.9. The molecule has 3 aliphatic rings. The Labute approximate surface area is 522 Å². The van der Waals surface area contributed by atoms with Crippen molar-refractivity contribution in [1.29, 1.82) is 0 Å². The minimum absolute atomic E-state index is 0.0207. The Kier molecular flexibility index (Phi) is 22.0. The van der Waals surface area contributed by atoms with Gasteiger partial charge >= 0.3 is 12.0 Å². The van der Waals surface area contributed by atoms with Crippen molar-refractivity contribution < 1.29 is 57.0 Å². The van der Waals surface area contributed by atoms with E-state index >= 15 is 4.39 Å². The Hall–Kier alpha value is -8.90. The molecule has 1 fully saturated rings. The predicted octanol–water partition coefficient (Wildman–Crippen LogP) is 7.42. The molecule has 6 heterocycles. The van der Waals surface area contributed by atoms with Gasteiger partial charge in [0.15, 0.2) is 39.2 Å². The van der Waals surface area contributed by atoms with Crippen molar-refractivity contribution in [3.8, 4) is 17.6 Å². The molecule has 3 aromatic carbocycles. The quantitative estimate of drug-likeness (QED) is 0.0109. The van der Waals surface area contributed by atoms with E-state index in [-0.39, 0.29) is 63.1 Å². The van der Waals surface area contributed by atoms with Crippen LogP contribution in [0.3, 0.4) is 0 Å². The van der Waals surface area contributed by atoms with Gasteiger partial charge in [0.1, 0.15) is 25.2 Å². The van der Waals surface area contributed by atoms with Crippen LogP contribution in [0.15, 0.2) is 78.9 Å². The van der Waals surface area contributed by atoms with Gasteiger partial charge in [0.2, 0.25) is 17.7 Å². The van der Waals surface area contributed by atoms with Crippen LogP contribution < -0.4 is 42.0 Å². The molecule has 0 saturated carbocycles. The highest BCUT2D eigenvalue weighted by atomic mass is 32.1. The van der Waals surface area contributed by atoms with E-state index in [1.165, 1.54) is 40.9 Å². The second kappa shape index (κ2) is 30.3. The number of halogens is 1. The van der Waals surface area contributed by atoms with Crippen LogP contribution in [0, 0.1) is 30.5 Å². The minimum Gasteiger partial charge on any atom is -0.491 e.